The molecule has 1 heterocycles. The monoisotopic (exact) mass is 302 g/mol. The van der Waals surface area contributed by atoms with Crippen LogP contribution in [0.5, 0.6) is 0 Å². The number of hydrogen-bond acceptors (Lipinski definition) is 5. The van der Waals surface area contributed by atoms with E-state index in [0.717, 1.165) is 19.3 Å². The van der Waals surface area contributed by atoms with E-state index in [9.17, 15) is 15.0 Å². The lowest BCUT2D eigenvalue weighted by Crippen LogP contribution is -2.53. The molecule has 3 N–H and O–H groups in total. The first-order valence-corrected chi connectivity index (χ1v) is 7.66. The molecule has 1 unspecified atom stereocenters. The minimum absolute atomic E-state index is 0.115. The molecule has 1 amide bonds. The van der Waals surface area contributed by atoms with Crippen molar-refractivity contribution in [1.29, 1.82) is 0 Å². The van der Waals surface area contributed by atoms with Gasteiger partial charge in [0, 0.05) is 19.1 Å². The Kier molecular flexibility index (Phi) is 6.43. The largest absolute Gasteiger partial charge is 0.444 e. The Bertz CT molecular complexity index is 337. The predicted octanol–water partition coefficient (Wildman–Crippen LogP) is 1.11. The highest BCUT2D eigenvalue weighted by Crippen LogP contribution is 2.17. The van der Waals surface area contributed by atoms with Crippen molar-refractivity contribution >= 4 is 6.09 Å². The number of rotatable bonds is 4. The maximum atomic E-state index is 12.1. The van der Waals surface area contributed by atoms with Crippen LogP contribution in [0.4, 0.5) is 4.79 Å². The summed E-state index contributed by atoms with van der Waals surface area (Å²) >= 11 is 0. The van der Waals surface area contributed by atoms with Crippen LogP contribution >= 0.6 is 0 Å². The van der Waals surface area contributed by atoms with Crippen LogP contribution in [0.2, 0.25) is 0 Å². The van der Waals surface area contributed by atoms with Crippen molar-refractivity contribution in [3.05, 3.63) is 0 Å². The van der Waals surface area contributed by atoms with Crippen LogP contribution in [0.1, 0.15) is 47.0 Å². The Labute approximate surface area is 127 Å². The zero-order valence-corrected chi connectivity index (χ0v) is 13.7. The van der Waals surface area contributed by atoms with Crippen LogP contribution in [-0.2, 0) is 4.74 Å². The van der Waals surface area contributed by atoms with Crippen molar-refractivity contribution in [1.82, 2.24) is 10.2 Å². The van der Waals surface area contributed by atoms with Gasteiger partial charge < -0.3 is 25.2 Å². The summed E-state index contributed by atoms with van der Waals surface area (Å²) in [6, 6.07) is 0.182. The van der Waals surface area contributed by atoms with Crippen molar-refractivity contribution in [2.45, 2.75) is 64.1 Å². The Hall–Kier alpha value is -0.850. The standard InChI is InChI=1S/C15H30N2O4/c1-14(2,3)21-13(20)17-8-5-6-12(7-9-17)16-15(4,10-18)11-19/h12,16,18-19H,5-11H2,1-4H3. The molecule has 1 fully saturated rings. The van der Waals surface area contributed by atoms with Gasteiger partial charge in [-0.25, -0.2) is 4.79 Å². The molecular weight excluding hydrogens is 272 g/mol. The van der Waals surface area contributed by atoms with Crippen molar-refractivity contribution < 1.29 is 19.7 Å². The summed E-state index contributed by atoms with van der Waals surface area (Å²) in [6.07, 6.45) is 2.31. The summed E-state index contributed by atoms with van der Waals surface area (Å²) in [6.45, 7) is 8.46. The molecule has 0 bridgehead atoms. The Morgan fingerprint density at radius 2 is 1.81 bits per heavy atom. The topological polar surface area (TPSA) is 82.0 Å². The third-order valence-corrected chi connectivity index (χ3v) is 3.63. The molecule has 0 aromatic heterocycles. The van der Waals surface area contributed by atoms with Gasteiger partial charge in [0.1, 0.15) is 5.60 Å². The number of aliphatic hydroxyl groups excluding tert-OH is 2. The molecule has 1 atom stereocenters. The smallest absolute Gasteiger partial charge is 0.410 e. The Balaban J connectivity index is 2.52. The first-order chi connectivity index (χ1) is 9.69. The molecule has 0 spiro atoms. The minimum Gasteiger partial charge on any atom is -0.444 e. The zero-order valence-electron chi connectivity index (χ0n) is 13.7. The molecule has 21 heavy (non-hydrogen) atoms. The number of likely N-dealkylation sites (tertiary alicyclic amines) is 1. The highest BCUT2D eigenvalue weighted by Gasteiger charge is 2.29. The van der Waals surface area contributed by atoms with E-state index < -0.39 is 11.1 Å². The lowest BCUT2D eigenvalue weighted by Gasteiger charge is -2.31. The van der Waals surface area contributed by atoms with Gasteiger partial charge in [-0.05, 0) is 47.0 Å². The number of carbonyl (C=O) groups is 1. The average Bonchev–Trinajstić information content (AvgIpc) is 2.62. The molecule has 0 saturated carbocycles. The van der Waals surface area contributed by atoms with E-state index in [4.69, 9.17) is 4.74 Å². The first kappa shape index (κ1) is 18.2. The molecule has 6 nitrogen and oxygen atoms in total. The van der Waals surface area contributed by atoms with Crippen LogP contribution in [0, 0.1) is 0 Å². The highest BCUT2D eigenvalue weighted by molar-refractivity contribution is 5.68. The molecule has 1 rings (SSSR count). The van der Waals surface area contributed by atoms with Gasteiger partial charge in [0.25, 0.3) is 0 Å². The quantitative estimate of drug-likeness (QED) is 0.725. The molecule has 0 radical (unpaired) electrons. The van der Waals surface area contributed by atoms with Gasteiger partial charge >= 0.3 is 6.09 Å². The molecule has 0 aliphatic carbocycles. The van der Waals surface area contributed by atoms with Crippen LogP contribution in [0.25, 0.3) is 0 Å². The number of amides is 1. The van der Waals surface area contributed by atoms with E-state index in [1.807, 2.05) is 20.8 Å². The van der Waals surface area contributed by atoms with Crippen LogP contribution in [0.15, 0.2) is 0 Å². The van der Waals surface area contributed by atoms with Gasteiger partial charge in [0.05, 0.1) is 18.8 Å². The number of carbonyl (C=O) groups excluding carboxylic acids is 1. The number of nitrogens with one attached hydrogen (secondary N) is 1. The second-order valence-corrected chi connectivity index (χ2v) is 7.12. The summed E-state index contributed by atoms with van der Waals surface area (Å²) in [5.41, 5.74) is -1.15. The predicted molar refractivity (Wildman–Crippen MR) is 81.2 cm³/mol. The summed E-state index contributed by atoms with van der Waals surface area (Å²) in [7, 11) is 0. The summed E-state index contributed by atoms with van der Waals surface area (Å²) in [5, 5.41) is 22.0. The normalized spacial score (nSPS) is 21.0. The van der Waals surface area contributed by atoms with E-state index in [1.54, 1.807) is 11.8 Å². The van der Waals surface area contributed by atoms with Gasteiger partial charge in [0.15, 0.2) is 0 Å². The molecule has 1 saturated heterocycles. The molecular formula is C15H30N2O4. The maximum absolute atomic E-state index is 12.1. The molecule has 6 heteroatoms. The average molecular weight is 302 g/mol. The van der Waals surface area contributed by atoms with Crippen LogP contribution in [-0.4, -0.2) is 64.7 Å². The third kappa shape index (κ3) is 6.20. The van der Waals surface area contributed by atoms with Gasteiger partial charge in [-0.1, -0.05) is 0 Å². The summed E-state index contributed by atoms with van der Waals surface area (Å²) in [4.78, 5) is 13.8. The zero-order chi connectivity index (χ0) is 16.1. The second kappa shape index (κ2) is 7.42. The fraction of sp³-hybridized carbons (Fsp3) is 0.933. The van der Waals surface area contributed by atoms with Crippen molar-refractivity contribution in [3.63, 3.8) is 0 Å². The molecule has 124 valence electrons. The lowest BCUT2D eigenvalue weighted by molar-refractivity contribution is 0.0254. The van der Waals surface area contributed by atoms with Crippen molar-refractivity contribution in [2.24, 2.45) is 0 Å². The molecule has 0 aromatic rings. The fourth-order valence-electron chi connectivity index (χ4n) is 2.38. The van der Waals surface area contributed by atoms with E-state index in [2.05, 4.69) is 5.32 Å². The SMILES string of the molecule is CC(CO)(CO)NC1CCCN(C(=O)OC(C)(C)C)CC1. The summed E-state index contributed by atoms with van der Waals surface area (Å²) in [5.74, 6) is 0. The van der Waals surface area contributed by atoms with Crippen LogP contribution in [0.3, 0.4) is 0 Å². The number of nitrogens with zero attached hydrogens (tertiary/aromatic N) is 1. The number of ether oxygens (including phenoxy) is 1. The van der Waals surface area contributed by atoms with Crippen molar-refractivity contribution in [2.75, 3.05) is 26.3 Å². The first-order valence-electron chi connectivity index (χ1n) is 7.66. The van der Waals surface area contributed by atoms with Crippen LogP contribution < -0.4 is 5.32 Å². The Morgan fingerprint density at radius 3 is 2.33 bits per heavy atom. The lowest BCUT2D eigenvalue weighted by atomic mass is 10.0. The molecule has 1 aliphatic rings. The van der Waals surface area contributed by atoms with Gasteiger partial charge in [-0.2, -0.15) is 0 Å². The van der Waals surface area contributed by atoms with E-state index >= 15 is 0 Å². The second-order valence-electron chi connectivity index (χ2n) is 7.12. The number of aliphatic hydroxyl groups is 2. The number of hydrogen-bond donors (Lipinski definition) is 3. The van der Waals surface area contributed by atoms with Gasteiger partial charge in [0.2, 0.25) is 0 Å². The third-order valence-electron chi connectivity index (χ3n) is 3.63. The Morgan fingerprint density at radius 1 is 1.19 bits per heavy atom. The molecule has 0 aromatic carbocycles. The van der Waals surface area contributed by atoms with Crippen molar-refractivity contribution in [3.8, 4) is 0 Å². The van der Waals surface area contributed by atoms with Gasteiger partial charge in [-0.15, -0.1) is 0 Å². The summed E-state index contributed by atoms with van der Waals surface area (Å²) < 4.78 is 5.40. The fourth-order valence-corrected chi connectivity index (χ4v) is 2.38. The minimum atomic E-state index is -0.675. The van der Waals surface area contributed by atoms with Gasteiger partial charge in [-0.3, -0.25) is 0 Å². The highest BCUT2D eigenvalue weighted by atomic mass is 16.6. The van der Waals surface area contributed by atoms with E-state index in [0.29, 0.717) is 13.1 Å². The van der Waals surface area contributed by atoms with E-state index in [1.165, 1.54) is 0 Å². The molecule has 1 aliphatic heterocycles. The maximum Gasteiger partial charge on any atom is 0.410 e. The van der Waals surface area contributed by atoms with E-state index in [-0.39, 0.29) is 25.3 Å².